The van der Waals surface area contributed by atoms with E-state index in [1.54, 1.807) is 0 Å². The monoisotopic (exact) mass is 263 g/mol. The Labute approximate surface area is 114 Å². The number of nitriles is 1. The quantitative estimate of drug-likeness (QED) is 0.837. The van der Waals surface area contributed by atoms with Gasteiger partial charge in [-0.1, -0.05) is 13.3 Å². The molecule has 0 N–H and O–H groups in total. The van der Waals surface area contributed by atoms with Crippen molar-refractivity contribution in [3.05, 3.63) is 11.8 Å². The van der Waals surface area contributed by atoms with Crippen LogP contribution in [-0.2, 0) is 7.05 Å². The first kappa shape index (κ1) is 13.5. The standard InChI is InChI=1S/C14H21N3S/c1-4-11-5-6-12(9-15)13(8-11)18-14-7-10(2)16-17(14)3/h7,11-13H,4-6,8H2,1-3H3. The molecule has 0 aliphatic heterocycles. The van der Waals surface area contributed by atoms with Gasteiger partial charge in [-0.15, -0.1) is 11.8 Å². The third-order valence-electron chi connectivity index (χ3n) is 3.87. The molecule has 3 nitrogen and oxygen atoms in total. The van der Waals surface area contributed by atoms with E-state index in [0.717, 1.165) is 18.0 Å². The molecule has 1 heterocycles. The maximum absolute atomic E-state index is 9.29. The maximum atomic E-state index is 9.29. The SMILES string of the molecule is CCC1CCC(C#N)C(Sc2cc(C)nn2C)C1. The number of aryl methyl sites for hydroxylation is 2. The Hall–Kier alpha value is -0.950. The molecule has 0 spiro atoms. The number of rotatable bonds is 3. The molecule has 98 valence electrons. The van der Waals surface area contributed by atoms with Crippen molar-refractivity contribution in [1.29, 1.82) is 5.26 Å². The second-order valence-corrected chi connectivity index (χ2v) is 6.49. The lowest BCUT2D eigenvalue weighted by atomic mass is 9.81. The number of hydrogen-bond donors (Lipinski definition) is 0. The van der Waals surface area contributed by atoms with Crippen molar-refractivity contribution in [3.63, 3.8) is 0 Å². The third kappa shape index (κ3) is 2.89. The Morgan fingerprint density at radius 3 is 2.89 bits per heavy atom. The molecule has 1 saturated carbocycles. The summed E-state index contributed by atoms with van der Waals surface area (Å²) in [6.07, 6.45) is 4.68. The lowest BCUT2D eigenvalue weighted by molar-refractivity contribution is 0.317. The van der Waals surface area contributed by atoms with E-state index in [2.05, 4.69) is 24.2 Å². The van der Waals surface area contributed by atoms with Crippen LogP contribution in [0.5, 0.6) is 0 Å². The molecule has 4 heteroatoms. The van der Waals surface area contributed by atoms with Crippen LogP contribution in [-0.4, -0.2) is 15.0 Å². The topological polar surface area (TPSA) is 41.6 Å². The average molecular weight is 263 g/mol. The van der Waals surface area contributed by atoms with Gasteiger partial charge in [0, 0.05) is 12.3 Å². The normalized spacial score (nSPS) is 28.0. The summed E-state index contributed by atoms with van der Waals surface area (Å²) in [6.45, 7) is 4.27. The lowest BCUT2D eigenvalue weighted by Crippen LogP contribution is -2.26. The largest absolute Gasteiger partial charge is 0.262 e. The van der Waals surface area contributed by atoms with E-state index in [9.17, 15) is 5.26 Å². The molecular formula is C14H21N3S. The van der Waals surface area contributed by atoms with Crippen LogP contribution in [0.2, 0.25) is 0 Å². The summed E-state index contributed by atoms with van der Waals surface area (Å²) in [5, 5.41) is 15.3. The van der Waals surface area contributed by atoms with Gasteiger partial charge in [0.2, 0.25) is 0 Å². The van der Waals surface area contributed by atoms with Gasteiger partial charge in [0.1, 0.15) is 0 Å². The Morgan fingerprint density at radius 1 is 1.56 bits per heavy atom. The molecule has 0 radical (unpaired) electrons. The molecular weight excluding hydrogens is 242 g/mol. The van der Waals surface area contributed by atoms with Gasteiger partial charge in [-0.2, -0.15) is 10.4 Å². The van der Waals surface area contributed by atoms with E-state index < -0.39 is 0 Å². The van der Waals surface area contributed by atoms with Gasteiger partial charge in [0.15, 0.2) is 0 Å². The highest BCUT2D eigenvalue weighted by atomic mass is 32.2. The number of hydrogen-bond acceptors (Lipinski definition) is 3. The molecule has 1 fully saturated rings. The molecule has 18 heavy (non-hydrogen) atoms. The molecule has 1 aromatic heterocycles. The summed E-state index contributed by atoms with van der Waals surface area (Å²) >= 11 is 1.84. The fourth-order valence-corrected chi connectivity index (χ4v) is 4.18. The van der Waals surface area contributed by atoms with Crippen LogP contribution < -0.4 is 0 Å². The van der Waals surface area contributed by atoms with Crippen molar-refractivity contribution in [1.82, 2.24) is 9.78 Å². The van der Waals surface area contributed by atoms with E-state index >= 15 is 0 Å². The molecule has 0 bridgehead atoms. The van der Waals surface area contributed by atoms with Crippen LogP contribution in [0.3, 0.4) is 0 Å². The summed E-state index contributed by atoms with van der Waals surface area (Å²) in [6, 6.07) is 4.61. The fraction of sp³-hybridized carbons (Fsp3) is 0.714. The van der Waals surface area contributed by atoms with Crippen LogP contribution >= 0.6 is 11.8 Å². The summed E-state index contributed by atoms with van der Waals surface area (Å²) in [7, 11) is 1.98. The predicted octanol–water partition coefficient (Wildman–Crippen LogP) is 3.54. The molecule has 3 atom stereocenters. The molecule has 2 rings (SSSR count). The van der Waals surface area contributed by atoms with Gasteiger partial charge in [-0.3, -0.25) is 4.68 Å². The zero-order chi connectivity index (χ0) is 13.1. The molecule has 1 aliphatic carbocycles. The summed E-state index contributed by atoms with van der Waals surface area (Å²) < 4.78 is 1.93. The Morgan fingerprint density at radius 2 is 2.33 bits per heavy atom. The van der Waals surface area contributed by atoms with Gasteiger partial charge in [0.25, 0.3) is 0 Å². The van der Waals surface area contributed by atoms with Crippen molar-refractivity contribution < 1.29 is 0 Å². The Balaban J connectivity index is 2.09. The highest BCUT2D eigenvalue weighted by molar-refractivity contribution is 7.99. The van der Waals surface area contributed by atoms with Crippen LogP contribution in [0.15, 0.2) is 11.1 Å². The van der Waals surface area contributed by atoms with Crippen LogP contribution in [0.25, 0.3) is 0 Å². The van der Waals surface area contributed by atoms with E-state index in [1.165, 1.54) is 24.3 Å². The Bertz CT molecular complexity index is 446. The summed E-state index contributed by atoms with van der Waals surface area (Å²) in [5.74, 6) is 0.995. The zero-order valence-electron chi connectivity index (χ0n) is 11.4. The minimum absolute atomic E-state index is 0.202. The van der Waals surface area contributed by atoms with Gasteiger partial charge >= 0.3 is 0 Å². The van der Waals surface area contributed by atoms with Gasteiger partial charge < -0.3 is 0 Å². The smallest absolute Gasteiger partial charge is 0.0942 e. The van der Waals surface area contributed by atoms with Crippen LogP contribution in [0, 0.1) is 30.1 Å². The maximum Gasteiger partial charge on any atom is 0.0942 e. The number of thioether (sulfide) groups is 1. The fourth-order valence-electron chi connectivity index (χ4n) is 2.71. The van der Waals surface area contributed by atoms with Gasteiger partial charge in [-0.25, -0.2) is 0 Å². The number of nitrogens with zero attached hydrogens (tertiary/aromatic N) is 3. The highest BCUT2D eigenvalue weighted by Crippen LogP contribution is 2.40. The van der Waals surface area contributed by atoms with Crippen LogP contribution in [0.1, 0.15) is 38.3 Å². The first-order valence-electron chi connectivity index (χ1n) is 6.71. The lowest BCUT2D eigenvalue weighted by Gasteiger charge is -2.31. The predicted molar refractivity (Wildman–Crippen MR) is 74.3 cm³/mol. The first-order valence-corrected chi connectivity index (χ1v) is 7.59. The van der Waals surface area contributed by atoms with Crippen molar-refractivity contribution in [3.8, 4) is 6.07 Å². The van der Waals surface area contributed by atoms with Crippen molar-refractivity contribution >= 4 is 11.8 Å². The zero-order valence-corrected chi connectivity index (χ0v) is 12.2. The van der Waals surface area contributed by atoms with Crippen molar-refractivity contribution in [2.45, 2.75) is 49.8 Å². The highest BCUT2D eigenvalue weighted by Gasteiger charge is 2.31. The van der Waals surface area contributed by atoms with E-state index in [-0.39, 0.29) is 5.92 Å². The van der Waals surface area contributed by atoms with Crippen molar-refractivity contribution in [2.24, 2.45) is 18.9 Å². The molecule has 1 aromatic rings. The second kappa shape index (κ2) is 5.79. The van der Waals surface area contributed by atoms with E-state index in [1.807, 2.05) is 30.4 Å². The van der Waals surface area contributed by atoms with Crippen molar-refractivity contribution in [2.75, 3.05) is 0 Å². The molecule has 0 amide bonds. The van der Waals surface area contributed by atoms with E-state index in [0.29, 0.717) is 5.25 Å². The molecule has 3 unspecified atom stereocenters. The van der Waals surface area contributed by atoms with E-state index in [4.69, 9.17) is 0 Å². The third-order valence-corrected chi connectivity index (χ3v) is 5.32. The summed E-state index contributed by atoms with van der Waals surface area (Å²) in [5.41, 5.74) is 1.05. The van der Waals surface area contributed by atoms with Crippen LogP contribution in [0.4, 0.5) is 0 Å². The summed E-state index contributed by atoms with van der Waals surface area (Å²) in [4.78, 5) is 0. The first-order chi connectivity index (χ1) is 8.63. The molecule has 1 aliphatic rings. The number of aromatic nitrogens is 2. The van der Waals surface area contributed by atoms with Gasteiger partial charge in [-0.05, 0) is 38.2 Å². The molecule has 0 saturated heterocycles. The van der Waals surface area contributed by atoms with Gasteiger partial charge in [0.05, 0.1) is 22.7 Å². The molecule has 0 aromatic carbocycles. The average Bonchev–Trinajstić information content (AvgIpc) is 2.67. The Kier molecular flexibility index (Phi) is 4.34. The minimum atomic E-state index is 0.202. The minimum Gasteiger partial charge on any atom is -0.262 e. The second-order valence-electron chi connectivity index (χ2n) is 5.23.